The molecule has 0 fully saturated rings. The molecule has 112 valence electrons. The number of methoxy groups -OCH3 is 2. The maximum absolute atomic E-state index is 11.8. The second-order valence-electron chi connectivity index (χ2n) is 4.76. The second kappa shape index (κ2) is 7.75. The third-order valence-electron chi connectivity index (χ3n) is 2.83. The summed E-state index contributed by atoms with van der Waals surface area (Å²) in [5.41, 5.74) is 0.895. The predicted molar refractivity (Wildman–Crippen MR) is 77.2 cm³/mol. The Morgan fingerprint density at radius 1 is 1.20 bits per heavy atom. The van der Waals surface area contributed by atoms with Gasteiger partial charge in [-0.05, 0) is 32.9 Å². The van der Waals surface area contributed by atoms with E-state index in [0.29, 0.717) is 11.5 Å². The molecule has 1 unspecified atom stereocenters. The minimum atomic E-state index is -0.167. The fourth-order valence-corrected chi connectivity index (χ4v) is 1.78. The van der Waals surface area contributed by atoms with E-state index in [1.165, 1.54) is 0 Å². The van der Waals surface area contributed by atoms with Gasteiger partial charge in [-0.25, -0.2) is 0 Å². The van der Waals surface area contributed by atoms with Gasteiger partial charge >= 0.3 is 0 Å². The summed E-state index contributed by atoms with van der Waals surface area (Å²) in [4.78, 5) is 11.8. The first kappa shape index (κ1) is 16.3. The summed E-state index contributed by atoms with van der Waals surface area (Å²) in [5.74, 6) is 1.25. The largest absolute Gasteiger partial charge is 0.497 e. The second-order valence-corrected chi connectivity index (χ2v) is 4.76. The van der Waals surface area contributed by atoms with Crippen LogP contribution in [0.15, 0.2) is 18.2 Å². The van der Waals surface area contributed by atoms with Crippen molar-refractivity contribution in [1.29, 1.82) is 0 Å². The number of rotatable bonds is 7. The average molecular weight is 281 g/mol. The molecule has 0 saturated carbocycles. The lowest BCUT2D eigenvalue weighted by atomic mass is 10.1. The first-order valence-corrected chi connectivity index (χ1v) is 6.60. The first-order valence-electron chi connectivity index (χ1n) is 6.60. The highest BCUT2D eigenvalue weighted by atomic mass is 16.5. The Labute approximate surface area is 120 Å². The summed E-state index contributed by atoms with van der Waals surface area (Å²) in [6, 6.07) is 5.35. The van der Waals surface area contributed by atoms with E-state index in [1.807, 2.05) is 32.9 Å². The van der Waals surface area contributed by atoms with Crippen molar-refractivity contribution >= 4 is 5.91 Å². The molecule has 0 bridgehead atoms. The molecule has 1 atom stereocenters. The predicted octanol–water partition coefficient (Wildman–Crippen LogP) is 2.31. The molecule has 5 heteroatoms. The van der Waals surface area contributed by atoms with Crippen molar-refractivity contribution < 1.29 is 19.0 Å². The molecule has 0 aromatic heterocycles. The molecular weight excluding hydrogens is 258 g/mol. The van der Waals surface area contributed by atoms with Crippen molar-refractivity contribution in [3.8, 4) is 11.5 Å². The van der Waals surface area contributed by atoms with Gasteiger partial charge in [0.2, 0.25) is 5.91 Å². The standard InChI is InChI=1S/C15H23NO4/c1-10(2)20-9-15(17)16-11(3)13-7-6-12(18-4)8-14(13)19-5/h6-8,10-11H,9H2,1-5H3,(H,16,17). The van der Waals surface area contributed by atoms with Gasteiger partial charge < -0.3 is 19.5 Å². The molecule has 1 aromatic rings. The third-order valence-corrected chi connectivity index (χ3v) is 2.83. The molecule has 0 saturated heterocycles. The zero-order chi connectivity index (χ0) is 15.1. The Balaban J connectivity index is 2.71. The minimum Gasteiger partial charge on any atom is -0.497 e. The molecule has 0 heterocycles. The summed E-state index contributed by atoms with van der Waals surface area (Å²) in [5, 5.41) is 2.88. The zero-order valence-electron chi connectivity index (χ0n) is 12.7. The minimum absolute atomic E-state index is 0.0339. The molecule has 1 aromatic carbocycles. The fraction of sp³-hybridized carbons (Fsp3) is 0.533. The SMILES string of the molecule is COc1ccc(C(C)NC(=O)COC(C)C)c(OC)c1. The summed E-state index contributed by atoms with van der Waals surface area (Å²) < 4.78 is 15.7. The third kappa shape index (κ3) is 4.74. The number of carbonyl (C=O) groups excluding carboxylic acids is 1. The maximum atomic E-state index is 11.8. The van der Waals surface area contributed by atoms with Crippen LogP contribution < -0.4 is 14.8 Å². The van der Waals surface area contributed by atoms with Crippen molar-refractivity contribution in [2.75, 3.05) is 20.8 Å². The molecule has 0 radical (unpaired) electrons. The Hall–Kier alpha value is -1.75. The number of benzene rings is 1. The zero-order valence-corrected chi connectivity index (χ0v) is 12.7. The molecule has 0 spiro atoms. The summed E-state index contributed by atoms with van der Waals surface area (Å²) in [6.07, 6.45) is 0.0339. The van der Waals surface area contributed by atoms with E-state index < -0.39 is 0 Å². The van der Waals surface area contributed by atoms with Crippen LogP contribution in [-0.4, -0.2) is 32.8 Å². The molecule has 1 amide bonds. The van der Waals surface area contributed by atoms with E-state index in [0.717, 1.165) is 5.56 Å². The van der Waals surface area contributed by atoms with Crippen LogP contribution in [-0.2, 0) is 9.53 Å². The Kier molecular flexibility index (Phi) is 6.31. The van der Waals surface area contributed by atoms with Crippen LogP contribution in [0.25, 0.3) is 0 Å². The number of ether oxygens (including phenoxy) is 3. The highest BCUT2D eigenvalue weighted by Crippen LogP contribution is 2.29. The highest BCUT2D eigenvalue weighted by molar-refractivity contribution is 5.77. The van der Waals surface area contributed by atoms with Gasteiger partial charge in [-0.15, -0.1) is 0 Å². The van der Waals surface area contributed by atoms with E-state index in [9.17, 15) is 4.79 Å². The Morgan fingerprint density at radius 3 is 2.45 bits per heavy atom. The number of nitrogens with one attached hydrogen (secondary N) is 1. The van der Waals surface area contributed by atoms with E-state index in [-0.39, 0.29) is 24.7 Å². The van der Waals surface area contributed by atoms with E-state index in [2.05, 4.69) is 5.32 Å². The van der Waals surface area contributed by atoms with Gasteiger partial charge in [0.1, 0.15) is 18.1 Å². The van der Waals surface area contributed by atoms with E-state index in [1.54, 1.807) is 20.3 Å². The number of hydrogen-bond acceptors (Lipinski definition) is 4. The number of amides is 1. The molecule has 0 aliphatic rings. The van der Waals surface area contributed by atoms with E-state index in [4.69, 9.17) is 14.2 Å². The average Bonchev–Trinajstić information content (AvgIpc) is 2.44. The van der Waals surface area contributed by atoms with Gasteiger partial charge in [0, 0.05) is 11.6 Å². The Bertz CT molecular complexity index is 445. The highest BCUT2D eigenvalue weighted by Gasteiger charge is 2.15. The molecule has 0 aliphatic carbocycles. The van der Waals surface area contributed by atoms with Crippen molar-refractivity contribution in [3.05, 3.63) is 23.8 Å². The van der Waals surface area contributed by atoms with Crippen molar-refractivity contribution in [2.45, 2.75) is 32.9 Å². The summed E-state index contributed by atoms with van der Waals surface area (Å²) >= 11 is 0. The topological polar surface area (TPSA) is 56.8 Å². The summed E-state index contributed by atoms with van der Waals surface area (Å²) in [7, 11) is 3.19. The molecule has 1 N–H and O–H groups in total. The van der Waals surface area contributed by atoms with Crippen molar-refractivity contribution in [2.24, 2.45) is 0 Å². The van der Waals surface area contributed by atoms with Gasteiger partial charge in [0.15, 0.2) is 0 Å². The van der Waals surface area contributed by atoms with E-state index >= 15 is 0 Å². The Morgan fingerprint density at radius 2 is 1.90 bits per heavy atom. The normalized spacial score (nSPS) is 12.1. The lowest BCUT2D eigenvalue weighted by molar-refractivity contribution is -0.127. The van der Waals surface area contributed by atoms with Crippen molar-refractivity contribution in [3.63, 3.8) is 0 Å². The van der Waals surface area contributed by atoms with Crippen molar-refractivity contribution in [1.82, 2.24) is 5.32 Å². The maximum Gasteiger partial charge on any atom is 0.246 e. The molecule has 20 heavy (non-hydrogen) atoms. The van der Waals surface area contributed by atoms with Gasteiger partial charge in [0.25, 0.3) is 0 Å². The first-order chi connectivity index (χ1) is 9.47. The lowest BCUT2D eigenvalue weighted by Gasteiger charge is -2.18. The van der Waals surface area contributed by atoms with Gasteiger partial charge in [-0.2, -0.15) is 0 Å². The monoisotopic (exact) mass is 281 g/mol. The number of hydrogen-bond donors (Lipinski definition) is 1. The molecule has 1 rings (SSSR count). The van der Waals surface area contributed by atoms with Crippen LogP contribution >= 0.6 is 0 Å². The fourth-order valence-electron chi connectivity index (χ4n) is 1.78. The smallest absolute Gasteiger partial charge is 0.246 e. The van der Waals surface area contributed by atoms with Crippen LogP contribution in [0.3, 0.4) is 0 Å². The van der Waals surface area contributed by atoms with Gasteiger partial charge in [-0.1, -0.05) is 0 Å². The lowest BCUT2D eigenvalue weighted by Crippen LogP contribution is -2.31. The van der Waals surface area contributed by atoms with Crippen LogP contribution in [0.5, 0.6) is 11.5 Å². The van der Waals surface area contributed by atoms with Gasteiger partial charge in [0.05, 0.1) is 26.4 Å². The van der Waals surface area contributed by atoms with Crippen LogP contribution in [0.1, 0.15) is 32.4 Å². The van der Waals surface area contributed by atoms with Crippen LogP contribution in [0, 0.1) is 0 Å². The van der Waals surface area contributed by atoms with Crippen LogP contribution in [0.2, 0.25) is 0 Å². The quantitative estimate of drug-likeness (QED) is 0.833. The molecular formula is C15H23NO4. The molecule has 5 nitrogen and oxygen atoms in total. The molecule has 0 aliphatic heterocycles. The summed E-state index contributed by atoms with van der Waals surface area (Å²) in [6.45, 7) is 5.74. The van der Waals surface area contributed by atoms with Gasteiger partial charge in [-0.3, -0.25) is 4.79 Å². The van der Waals surface area contributed by atoms with Crippen LogP contribution in [0.4, 0.5) is 0 Å². The number of carbonyl (C=O) groups is 1.